The molecule has 0 aliphatic heterocycles. The van der Waals surface area contributed by atoms with E-state index in [-0.39, 0.29) is 0 Å². The van der Waals surface area contributed by atoms with Crippen molar-refractivity contribution in [3.8, 4) is 11.6 Å². The molecule has 0 amide bonds. The van der Waals surface area contributed by atoms with Gasteiger partial charge in [-0.25, -0.2) is 19.6 Å². The molecule has 0 saturated carbocycles. The van der Waals surface area contributed by atoms with Crippen molar-refractivity contribution in [3.63, 3.8) is 0 Å². The Morgan fingerprint density at radius 3 is 2.68 bits per heavy atom. The normalized spacial score (nSPS) is 11.2. The van der Waals surface area contributed by atoms with Gasteiger partial charge in [-0.3, -0.25) is 4.98 Å². The Kier molecular flexibility index (Phi) is 5.44. The fraction of sp³-hybridized carbons (Fsp3) is 0.0870. The summed E-state index contributed by atoms with van der Waals surface area (Å²) in [6, 6.07) is 17.5. The minimum atomic E-state index is 0.512. The first-order chi connectivity index (χ1) is 15.1. The molecule has 0 aliphatic carbocycles. The summed E-state index contributed by atoms with van der Waals surface area (Å²) in [7, 11) is 0. The molecule has 0 aliphatic rings. The molecule has 0 atom stereocenters. The van der Waals surface area contributed by atoms with Gasteiger partial charge in [0.25, 0.3) is 0 Å². The highest BCUT2D eigenvalue weighted by Crippen LogP contribution is 2.22. The number of rotatable bonds is 5. The summed E-state index contributed by atoms with van der Waals surface area (Å²) >= 11 is 9.67. The lowest BCUT2D eigenvalue weighted by molar-refractivity contribution is 0.679. The van der Waals surface area contributed by atoms with Crippen molar-refractivity contribution in [1.82, 2.24) is 29.7 Å². The van der Waals surface area contributed by atoms with Crippen molar-refractivity contribution >= 4 is 38.4 Å². The first-order valence-corrected chi connectivity index (χ1v) is 10.8. The van der Waals surface area contributed by atoms with Crippen LogP contribution in [0.2, 0.25) is 5.02 Å². The number of nitrogens with zero attached hydrogens (tertiary/aromatic N) is 6. The first-order valence-electron chi connectivity index (χ1n) is 9.64. The van der Waals surface area contributed by atoms with Crippen LogP contribution < -0.4 is 0 Å². The van der Waals surface area contributed by atoms with Gasteiger partial charge in [0.05, 0.1) is 12.1 Å². The molecule has 0 saturated heterocycles. The van der Waals surface area contributed by atoms with Gasteiger partial charge in [-0.15, -0.1) is 0 Å². The van der Waals surface area contributed by atoms with E-state index in [1.54, 1.807) is 6.20 Å². The van der Waals surface area contributed by atoms with Gasteiger partial charge >= 0.3 is 0 Å². The van der Waals surface area contributed by atoms with Gasteiger partial charge in [-0.05, 0) is 47.5 Å². The minimum absolute atomic E-state index is 0.512. The predicted octanol–water partition coefficient (Wildman–Crippen LogP) is 5.34. The number of hydrogen-bond donors (Lipinski definition) is 0. The molecule has 0 radical (unpaired) electrons. The fourth-order valence-electron chi connectivity index (χ4n) is 3.35. The summed E-state index contributed by atoms with van der Waals surface area (Å²) in [6.45, 7) is 0.512. The smallest absolute Gasteiger partial charge is 0.198 e. The lowest BCUT2D eigenvalue weighted by Gasteiger charge is -2.06. The third kappa shape index (κ3) is 4.47. The number of pyridine rings is 1. The third-order valence-electron chi connectivity index (χ3n) is 4.76. The largest absolute Gasteiger partial charge is 0.264 e. The molecule has 6 nitrogen and oxygen atoms in total. The van der Waals surface area contributed by atoms with E-state index in [9.17, 15) is 0 Å². The van der Waals surface area contributed by atoms with Crippen LogP contribution in [0.4, 0.5) is 0 Å². The molecule has 0 fully saturated rings. The SMILES string of the molecule is Clc1cccc(Cn2nc(Cc3cccnc3)nc2-c2ncc3cc(Br)ccc3n2)c1. The van der Waals surface area contributed by atoms with Crippen LogP contribution in [0.1, 0.15) is 17.0 Å². The van der Waals surface area contributed by atoms with Gasteiger partial charge in [-0.2, -0.15) is 5.10 Å². The van der Waals surface area contributed by atoms with Crippen LogP contribution in [-0.4, -0.2) is 29.7 Å². The molecule has 152 valence electrons. The van der Waals surface area contributed by atoms with E-state index in [0.717, 1.165) is 26.5 Å². The van der Waals surface area contributed by atoms with Gasteiger partial charge in [-0.1, -0.05) is 45.7 Å². The Labute approximate surface area is 192 Å². The third-order valence-corrected chi connectivity index (χ3v) is 5.49. The second-order valence-corrected chi connectivity index (χ2v) is 8.43. The van der Waals surface area contributed by atoms with Crippen molar-refractivity contribution in [2.24, 2.45) is 0 Å². The molecular formula is C23H16BrClN6. The van der Waals surface area contributed by atoms with E-state index in [0.29, 0.717) is 35.5 Å². The summed E-state index contributed by atoms with van der Waals surface area (Å²) in [5.41, 5.74) is 2.91. The Morgan fingerprint density at radius 2 is 1.84 bits per heavy atom. The zero-order chi connectivity index (χ0) is 21.2. The Morgan fingerprint density at radius 1 is 0.935 bits per heavy atom. The van der Waals surface area contributed by atoms with Crippen LogP contribution in [0.25, 0.3) is 22.6 Å². The van der Waals surface area contributed by atoms with Crippen LogP contribution >= 0.6 is 27.5 Å². The summed E-state index contributed by atoms with van der Waals surface area (Å²) in [6.07, 6.45) is 5.95. The molecule has 3 aromatic heterocycles. The van der Waals surface area contributed by atoms with Crippen molar-refractivity contribution in [2.75, 3.05) is 0 Å². The lowest BCUT2D eigenvalue weighted by atomic mass is 10.2. The van der Waals surface area contributed by atoms with Crippen molar-refractivity contribution in [2.45, 2.75) is 13.0 Å². The molecule has 5 rings (SSSR count). The van der Waals surface area contributed by atoms with Crippen molar-refractivity contribution in [1.29, 1.82) is 0 Å². The minimum Gasteiger partial charge on any atom is -0.264 e. The maximum absolute atomic E-state index is 6.18. The predicted molar refractivity (Wildman–Crippen MR) is 124 cm³/mol. The molecular weight excluding hydrogens is 476 g/mol. The topological polar surface area (TPSA) is 69.4 Å². The van der Waals surface area contributed by atoms with Gasteiger partial charge < -0.3 is 0 Å². The average Bonchev–Trinajstić information content (AvgIpc) is 3.16. The number of fused-ring (bicyclic) bond motifs is 1. The summed E-state index contributed by atoms with van der Waals surface area (Å²) in [5.74, 6) is 1.83. The molecule has 0 N–H and O–H groups in total. The van der Waals surface area contributed by atoms with Crippen LogP contribution in [-0.2, 0) is 13.0 Å². The number of benzene rings is 2. The van der Waals surface area contributed by atoms with Crippen molar-refractivity contribution in [3.05, 3.63) is 99.6 Å². The van der Waals surface area contributed by atoms with Crippen molar-refractivity contribution < 1.29 is 0 Å². The lowest BCUT2D eigenvalue weighted by Crippen LogP contribution is -2.06. The molecule has 2 aromatic carbocycles. The quantitative estimate of drug-likeness (QED) is 0.332. The van der Waals surface area contributed by atoms with Gasteiger partial charge in [0, 0.05) is 39.9 Å². The van der Waals surface area contributed by atoms with Gasteiger partial charge in [0.2, 0.25) is 0 Å². The summed E-state index contributed by atoms with van der Waals surface area (Å²) in [4.78, 5) is 18.3. The molecule has 8 heteroatoms. The maximum Gasteiger partial charge on any atom is 0.198 e. The van der Waals surface area contributed by atoms with Crippen LogP contribution in [0, 0.1) is 0 Å². The number of hydrogen-bond acceptors (Lipinski definition) is 5. The van der Waals surface area contributed by atoms with Crippen LogP contribution in [0.15, 0.2) is 77.7 Å². The van der Waals surface area contributed by atoms with E-state index in [1.165, 1.54) is 0 Å². The molecule has 0 spiro atoms. The molecule has 5 aromatic rings. The molecule has 0 unspecified atom stereocenters. The van der Waals surface area contributed by atoms with Crippen LogP contribution in [0.5, 0.6) is 0 Å². The zero-order valence-corrected chi connectivity index (χ0v) is 18.6. The molecule has 0 bridgehead atoms. The average molecular weight is 492 g/mol. The Balaban J connectivity index is 1.57. The Bertz CT molecular complexity index is 1370. The number of halogens is 2. The fourth-order valence-corrected chi connectivity index (χ4v) is 3.94. The second-order valence-electron chi connectivity index (χ2n) is 7.07. The van der Waals surface area contributed by atoms with Crippen LogP contribution in [0.3, 0.4) is 0 Å². The zero-order valence-electron chi connectivity index (χ0n) is 16.3. The molecule has 3 heterocycles. The van der Waals surface area contributed by atoms with E-state index in [4.69, 9.17) is 26.7 Å². The van der Waals surface area contributed by atoms with Gasteiger partial charge in [0.1, 0.15) is 0 Å². The van der Waals surface area contributed by atoms with E-state index >= 15 is 0 Å². The highest BCUT2D eigenvalue weighted by Gasteiger charge is 2.16. The van der Waals surface area contributed by atoms with E-state index in [1.807, 2.05) is 71.7 Å². The standard InChI is InChI=1S/C23H16BrClN6/c24-18-6-7-20-17(11-18)13-27-22(28-20)23-29-21(10-15-4-2-8-26-12-15)30-31(23)14-16-3-1-5-19(25)9-16/h1-9,11-13H,10,14H2. The second kappa shape index (κ2) is 8.53. The van der Waals surface area contributed by atoms with E-state index < -0.39 is 0 Å². The van der Waals surface area contributed by atoms with E-state index in [2.05, 4.69) is 25.9 Å². The highest BCUT2D eigenvalue weighted by molar-refractivity contribution is 9.10. The molecule has 31 heavy (non-hydrogen) atoms. The monoisotopic (exact) mass is 490 g/mol. The maximum atomic E-state index is 6.18. The first kappa shape index (κ1) is 19.8. The highest BCUT2D eigenvalue weighted by atomic mass is 79.9. The van der Waals surface area contributed by atoms with Gasteiger partial charge in [0.15, 0.2) is 17.5 Å². The Hall–Kier alpha value is -3.16. The number of aromatic nitrogens is 6. The summed E-state index contributed by atoms with van der Waals surface area (Å²) < 4.78 is 2.82. The summed E-state index contributed by atoms with van der Waals surface area (Å²) in [5, 5.41) is 6.38.